The standard InChI is InChI=1S/C14H19FN2O3/c1-8(2)6-12(13(18)19)17-14(20)16-11-7-9(3)4-5-10(11)15/h4-5,7-8,12H,6H2,1-3H3,(H,18,19)(H2,16,17,20). The second-order valence-electron chi connectivity index (χ2n) is 5.10. The van der Waals surface area contributed by atoms with Crippen LogP contribution in [0.1, 0.15) is 25.8 Å². The molecule has 110 valence electrons. The van der Waals surface area contributed by atoms with Gasteiger partial charge in [0.25, 0.3) is 0 Å². The van der Waals surface area contributed by atoms with Gasteiger partial charge in [0, 0.05) is 0 Å². The van der Waals surface area contributed by atoms with Crippen LogP contribution < -0.4 is 10.6 Å². The third-order valence-corrected chi connectivity index (χ3v) is 2.68. The van der Waals surface area contributed by atoms with Gasteiger partial charge in [-0.25, -0.2) is 14.0 Å². The number of carbonyl (C=O) groups excluding carboxylic acids is 1. The summed E-state index contributed by atoms with van der Waals surface area (Å²) in [5.41, 5.74) is 0.815. The van der Waals surface area contributed by atoms with Crippen LogP contribution in [-0.2, 0) is 4.79 Å². The molecule has 0 bridgehead atoms. The summed E-state index contributed by atoms with van der Waals surface area (Å²) in [6, 6.07) is 2.57. The molecule has 0 aliphatic heterocycles. The zero-order chi connectivity index (χ0) is 15.3. The Balaban J connectivity index is 2.70. The minimum atomic E-state index is -1.11. The van der Waals surface area contributed by atoms with Crippen molar-refractivity contribution in [3.8, 4) is 0 Å². The minimum absolute atomic E-state index is 0.0242. The summed E-state index contributed by atoms with van der Waals surface area (Å²) < 4.78 is 13.5. The van der Waals surface area contributed by atoms with E-state index in [-0.39, 0.29) is 11.6 Å². The summed E-state index contributed by atoms with van der Waals surface area (Å²) in [5, 5.41) is 13.7. The van der Waals surface area contributed by atoms with Crippen molar-refractivity contribution in [2.24, 2.45) is 5.92 Å². The predicted octanol–water partition coefficient (Wildman–Crippen LogP) is 2.75. The number of hydrogen-bond acceptors (Lipinski definition) is 2. The summed E-state index contributed by atoms with van der Waals surface area (Å²) >= 11 is 0. The first-order valence-electron chi connectivity index (χ1n) is 6.36. The number of urea groups is 1. The number of carboxylic acids is 1. The highest BCUT2D eigenvalue weighted by Gasteiger charge is 2.21. The molecule has 1 aromatic carbocycles. The van der Waals surface area contributed by atoms with Crippen LogP contribution in [0, 0.1) is 18.7 Å². The van der Waals surface area contributed by atoms with Gasteiger partial charge >= 0.3 is 12.0 Å². The van der Waals surface area contributed by atoms with E-state index in [4.69, 9.17) is 5.11 Å². The molecule has 2 amide bonds. The van der Waals surface area contributed by atoms with Gasteiger partial charge < -0.3 is 15.7 Å². The smallest absolute Gasteiger partial charge is 0.326 e. The molecule has 0 radical (unpaired) electrons. The molecule has 0 spiro atoms. The Kier molecular flexibility index (Phi) is 5.49. The molecule has 6 heteroatoms. The number of aryl methyl sites for hydroxylation is 1. The van der Waals surface area contributed by atoms with Crippen molar-refractivity contribution >= 4 is 17.7 Å². The van der Waals surface area contributed by atoms with Crippen LogP contribution in [0.2, 0.25) is 0 Å². The van der Waals surface area contributed by atoms with Crippen LogP contribution in [-0.4, -0.2) is 23.1 Å². The summed E-state index contributed by atoms with van der Waals surface area (Å²) in [6.45, 7) is 5.48. The molecule has 0 heterocycles. The number of hydrogen-bond donors (Lipinski definition) is 3. The quantitative estimate of drug-likeness (QED) is 0.777. The lowest BCUT2D eigenvalue weighted by atomic mass is 10.0. The molecule has 0 aliphatic carbocycles. The van der Waals surface area contributed by atoms with Crippen molar-refractivity contribution in [3.63, 3.8) is 0 Å². The molecule has 0 aliphatic rings. The second-order valence-corrected chi connectivity index (χ2v) is 5.10. The number of rotatable bonds is 5. The molecule has 0 saturated carbocycles. The van der Waals surface area contributed by atoms with Gasteiger partial charge in [-0.15, -0.1) is 0 Å². The predicted molar refractivity (Wildman–Crippen MR) is 74.2 cm³/mol. The van der Waals surface area contributed by atoms with Gasteiger partial charge in [0.15, 0.2) is 0 Å². The van der Waals surface area contributed by atoms with Gasteiger partial charge in [-0.2, -0.15) is 0 Å². The average molecular weight is 282 g/mol. The fraction of sp³-hybridized carbons (Fsp3) is 0.429. The van der Waals surface area contributed by atoms with Crippen LogP contribution in [0.5, 0.6) is 0 Å². The summed E-state index contributed by atoms with van der Waals surface area (Å²) in [6.07, 6.45) is 0.305. The Hall–Kier alpha value is -2.11. The lowest BCUT2D eigenvalue weighted by molar-refractivity contribution is -0.139. The number of amides is 2. The Morgan fingerprint density at radius 2 is 2.00 bits per heavy atom. The van der Waals surface area contributed by atoms with E-state index in [0.717, 1.165) is 5.56 Å². The number of carboxylic acid groups (broad SMARTS) is 1. The maximum Gasteiger partial charge on any atom is 0.326 e. The van der Waals surface area contributed by atoms with E-state index in [1.807, 2.05) is 13.8 Å². The molecule has 1 aromatic rings. The minimum Gasteiger partial charge on any atom is -0.480 e. The SMILES string of the molecule is Cc1ccc(F)c(NC(=O)NC(CC(C)C)C(=O)O)c1. The molecule has 0 saturated heterocycles. The third-order valence-electron chi connectivity index (χ3n) is 2.68. The van der Waals surface area contributed by atoms with Crippen LogP contribution in [0.3, 0.4) is 0 Å². The molecular weight excluding hydrogens is 263 g/mol. The number of halogens is 1. The maximum absolute atomic E-state index is 13.5. The van der Waals surface area contributed by atoms with E-state index in [9.17, 15) is 14.0 Å². The molecule has 20 heavy (non-hydrogen) atoms. The average Bonchev–Trinajstić information content (AvgIpc) is 2.32. The normalized spacial score (nSPS) is 12.1. The Morgan fingerprint density at radius 1 is 1.35 bits per heavy atom. The fourth-order valence-corrected chi connectivity index (χ4v) is 1.74. The van der Waals surface area contributed by atoms with Gasteiger partial charge in [-0.1, -0.05) is 19.9 Å². The van der Waals surface area contributed by atoms with E-state index in [0.29, 0.717) is 6.42 Å². The van der Waals surface area contributed by atoms with E-state index in [1.54, 1.807) is 13.0 Å². The van der Waals surface area contributed by atoms with Crippen molar-refractivity contribution in [1.29, 1.82) is 0 Å². The van der Waals surface area contributed by atoms with Crippen LogP contribution in [0.15, 0.2) is 18.2 Å². The number of nitrogens with one attached hydrogen (secondary N) is 2. The molecule has 5 nitrogen and oxygen atoms in total. The summed E-state index contributed by atoms with van der Waals surface area (Å²) in [5.74, 6) is -1.56. The zero-order valence-corrected chi connectivity index (χ0v) is 11.7. The van der Waals surface area contributed by atoms with Gasteiger partial charge in [-0.3, -0.25) is 0 Å². The molecule has 1 unspecified atom stereocenters. The number of benzene rings is 1. The molecule has 1 rings (SSSR count). The van der Waals surface area contributed by atoms with Gasteiger partial charge in [-0.05, 0) is 37.0 Å². The lowest BCUT2D eigenvalue weighted by Gasteiger charge is -2.17. The molecule has 0 fully saturated rings. The summed E-state index contributed by atoms with van der Waals surface area (Å²) in [7, 11) is 0. The number of aliphatic carboxylic acids is 1. The monoisotopic (exact) mass is 282 g/mol. The largest absolute Gasteiger partial charge is 0.480 e. The van der Waals surface area contributed by atoms with Gasteiger partial charge in [0.1, 0.15) is 11.9 Å². The molecule has 0 aromatic heterocycles. The van der Waals surface area contributed by atoms with Gasteiger partial charge in [0.05, 0.1) is 5.69 Å². The first-order valence-corrected chi connectivity index (χ1v) is 6.36. The van der Waals surface area contributed by atoms with Gasteiger partial charge in [0.2, 0.25) is 0 Å². The highest BCUT2D eigenvalue weighted by atomic mass is 19.1. The van der Waals surface area contributed by atoms with E-state index in [1.165, 1.54) is 12.1 Å². The second kappa shape index (κ2) is 6.88. The highest BCUT2D eigenvalue weighted by Crippen LogP contribution is 2.15. The lowest BCUT2D eigenvalue weighted by Crippen LogP contribution is -2.43. The van der Waals surface area contributed by atoms with E-state index in [2.05, 4.69) is 10.6 Å². The first kappa shape index (κ1) is 15.9. The fourth-order valence-electron chi connectivity index (χ4n) is 1.74. The molecule has 3 N–H and O–H groups in total. The van der Waals surface area contributed by atoms with Crippen molar-refractivity contribution in [2.45, 2.75) is 33.2 Å². The van der Waals surface area contributed by atoms with E-state index >= 15 is 0 Å². The zero-order valence-electron chi connectivity index (χ0n) is 11.7. The highest BCUT2D eigenvalue weighted by molar-refractivity contribution is 5.92. The summed E-state index contributed by atoms with van der Waals surface area (Å²) in [4.78, 5) is 22.7. The number of anilines is 1. The Labute approximate surface area is 117 Å². The third kappa shape index (κ3) is 4.87. The molecular formula is C14H19FN2O3. The topological polar surface area (TPSA) is 78.4 Å². The van der Waals surface area contributed by atoms with Crippen LogP contribution in [0.25, 0.3) is 0 Å². The Morgan fingerprint density at radius 3 is 2.55 bits per heavy atom. The van der Waals surface area contributed by atoms with E-state index < -0.39 is 23.9 Å². The van der Waals surface area contributed by atoms with Crippen LogP contribution in [0.4, 0.5) is 14.9 Å². The Bertz CT molecular complexity index is 503. The van der Waals surface area contributed by atoms with Crippen molar-refractivity contribution in [1.82, 2.24) is 5.32 Å². The number of carbonyl (C=O) groups is 2. The van der Waals surface area contributed by atoms with Crippen molar-refractivity contribution in [2.75, 3.05) is 5.32 Å². The van der Waals surface area contributed by atoms with Crippen molar-refractivity contribution in [3.05, 3.63) is 29.6 Å². The van der Waals surface area contributed by atoms with Crippen molar-refractivity contribution < 1.29 is 19.1 Å². The maximum atomic E-state index is 13.5. The van der Waals surface area contributed by atoms with Crippen LogP contribution >= 0.6 is 0 Å². The first-order chi connectivity index (χ1) is 9.29. The molecule has 1 atom stereocenters.